The smallest absolute Gasteiger partial charge is 0.303 e. The molecule has 0 heterocycles. The third-order valence-electron chi connectivity index (χ3n) is 2.87. The van der Waals surface area contributed by atoms with Crippen LogP contribution < -0.4 is 5.32 Å². The van der Waals surface area contributed by atoms with Gasteiger partial charge >= 0.3 is 5.97 Å². The maximum atomic E-state index is 11.6. The van der Waals surface area contributed by atoms with Crippen LogP contribution in [0.5, 0.6) is 0 Å². The summed E-state index contributed by atoms with van der Waals surface area (Å²) in [5.41, 5.74) is 1.73. The second kappa shape index (κ2) is 8.29. The van der Waals surface area contributed by atoms with Crippen molar-refractivity contribution in [3.8, 4) is 0 Å². The van der Waals surface area contributed by atoms with E-state index in [-0.39, 0.29) is 12.3 Å². The number of rotatable bonds is 8. The van der Waals surface area contributed by atoms with E-state index < -0.39 is 5.97 Å². The molecule has 19 heavy (non-hydrogen) atoms. The van der Waals surface area contributed by atoms with Crippen LogP contribution in [0, 0.1) is 0 Å². The Bertz CT molecular complexity index is 412. The number of carbonyl (C=O) groups is 2. The zero-order valence-electron chi connectivity index (χ0n) is 11.3. The largest absolute Gasteiger partial charge is 0.481 e. The minimum absolute atomic E-state index is 0.0340. The summed E-state index contributed by atoms with van der Waals surface area (Å²) in [6.07, 6.45) is 4.28. The molecule has 2 N–H and O–H groups in total. The topological polar surface area (TPSA) is 66.4 Å². The van der Waals surface area contributed by atoms with Crippen LogP contribution >= 0.6 is 0 Å². The molecule has 1 aromatic carbocycles. The first-order chi connectivity index (χ1) is 9.11. The molecular formula is C15H21NO3. The normalized spacial score (nSPS) is 10.2. The molecule has 0 radical (unpaired) electrons. The quantitative estimate of drug-likeness (QED) is 0.708. The molecule has 1 aromatic rings. The lowest BCUT2D eigenvalue weighted by Crippen LogP contribution is -2.10. The predicted molar refractivity (Wildman–Crippen MR) is 75.2 cm³/mol. The molecule has 4 nitrogen and oxygen atoms in total. The lowest BCUT2D eigenvalue weighted by Gasteiger charge is -2.06. The number of carboxylic acids is 1. The number of benzene rings is 1. The summed E-state index contributed by atoms with van der Waals surface area (Å²) in [5.74, 6) is -0.764. The second-order valence-electron chi connectivity index (χ2n) is 4.60. The van der Waals surface area contributed by atoms with E-state index in [2.05, 4.69) is 12.2 Å². The Morgan fingerprint density at radius 2 is 1.79 bits per heavy atom. The molecule has 0 aliphatic heterocycles. The first kappa shape index (κ1) is 15.2. The van der Waals surface area contributed by atoms with Crippen molar-refractivity contribution in [3.63, 3.8) is 0 Å². The third kappa shape index (κ3) is 6.60. The zero-order chi connectivity index (χ0) is 14.1. The van der Waals surface area contributed by atoms with Crippen molar-refractivity contribution in [2.75, 3.05) is 5.32 Å². The van der Waals surface area contributed by atoms with Crippen molar-refractivity contribution in [3.05, 3.63) is 29.8 Å². The molecule has 0 atom stereocenters. The van der Waals surface area contributed by atoms with Crippen LogP contribution in [0.4, 0.5) is 5.69 Å². The minimum atomic E-state index is -0.798. The Kier molecular flexibility index (Phi) is 6.64. The molecule has 0 spiro atoms. The molecule has 1 amide bonds. The van der Waals surface area contributed by atoms with Crippen LogP contribution in [0.3, 0.4) is 0 Å². The fraction of sp³-hybridized carbons (Fsp3) is 0.467. The predicted octanol–water partition coefficient (Wildman–Crippen LogP) is 3.22. The average Bonchev–Trinajstić information content (AvgIpc) is 2.38. The minimum Gasteiger partial charge on any atom is -0.481 e. The molecule has 0 saturated heterocycles. The number of unbranched alkanes of at least 4 members (excludes halogenated alkanes) is 2. The molecule has 104 valence electrons. The summed E-state index contributed by atoms with van der Waals surface area (Å²) in [7, 11) is 0. The third-order valence-corrected chi connectivity index (χ3v) is 2.87. The number of nitrogens with one attached hydrogen (secondary N) is 1. The van der Waals surface area contributed by atoms with Crippen LogP contribution in [0.1, 0.15) is 44.6 Å². The van der Waals surface area contributed by atoms with E-state index in [1.807, 2.05) is 24.3 Å². The number of amides is 1. The van der Waals surface area contributed by atoms with Crippen molar-refractivity contribution < 1.29 is 14.7 Å². The van der Waals surface area contributed by atoms with E-state index in [4.69, 9.17) is 5.11 Å². The van der Waals surface area contributed by atoms with Crippen molar-refractivity contribution in [2.45, 2.75) is 45.4 Å². The summed E-state index contributed by atoms with van der Waals surface area (Å²) in [5, 5.41) is 11.4. The number of anilines is 1. The van der Waals surface area contributed by atoms with Gasteiger partial charge in [-0.3, -0.25) is 9.59 Å². The molecule has 0 fully saturated rings. The number of hydrogen-bond donors (Lipinski definition) is 2. The molecule has 0 aromatic heterocycles. The van der Waals surface area contributed by atoms with Crippen molar-refractivity contribution in [2.24, 2.45) is 0 Å². The van der Waals surface area contributed by atoms with E-state index in [0.717, 1.165) is 30.5 Å². The van der Waals surface area contributed by atoms with Gasteiger partial charge in [-0.15, -0.1) is 0 Å². The Labute approximate surface area is 113 Å². The Morgan fingerprint density at radius 3 is 2.37 bits per heavy atom. The highest BCUT2D eigenvalue weighted by atomic mass is 16.4. The van der Waals surface area contributed by atoms with Gasteiger partial charge in [0.1, 0.15) is 0 Å². The maximum absolute atomic E-state index is 11.6. The number of carboxylic acid groups (broad SMARTS) is 1. The Hall–Kier alpha value is -1.84. The summed E-state index contributed by atoms with van der Waals surface area (Å²) in [6.45, 7) is 2.10. The lowest BCUT2D eigenvalue weighted by molar-refractivity contribution is -0.137. The number of aliphatic carboxylic acids is 1. The van der Waals surface area contributed by atoms with Gasteiger partial charge in [0.25, 0.3) is 0 Å². The standard InChI is InChI=1S/C15H21NO3/c1-2-3-4-5-14(17)16-13-9-6-12(7-10-13)8-11-15(18)19/h6-7,9-10H,2-5,8,11H2,1H3,(H,16,17)(H,18,19). The van der Waals surface area contributed by atoms with Gasteiger partial charge in [-0.1, -0.05) is 31.9 Å². The first-order valence-electron chi connectivity index (χ1n) is 6.72. The molecule has 0 aliphatic carbocycles. The van der Waals surface area contributed by atoms with Gasteiger partial charge in [0, 0.05) is 18.5 Å². The van der Waals surface area contributed by atoms with Gasteiger partial charge in [0.15, 0.2) is 0 Å². The molecule has 4 heteroatoms. The van der Waals surface area contributed by atoms with Gasteiger partial charge in [-0.05, 0) is 30.5 Å². The Morgan fingerprint density at radius 1 is 1.11 bits per heavy atom. The average molecular weight is 263 g/mol. The zero-order valence-corrected chi connectivity index (χ0v) is 11.3. The van der Waals surface area contributed by atoms with Gasteiger partial charge < -0.3 is 10.4 Å². The molecule has 1 rings (SSSR count). The number of aryl methyl sites for hydroxylation is 1. The van der Waals surface area contributed by atoms with E-state index in [1.54, 1.807) is 0 Å². The van der Waals surface area contributed by atoms with Gasteiger partial charge in [0.2, 0.25) is 5.91 Å². The Balaban J connectivity index is 2.39. The number of hydrogen-bond acceptors (Lipinski definition) is 2. The fourth-order valence-electron chi connectivity index (χ4n) is 1.77. The van der Waals surface area contributed by atoms with E-state index in [0.29, 0.717) is 12.8 Å². The lowest BCUT2D eigenvalue weighted by atomic mass is 10.1. The molecule has 0 aliphatic rings. The first-order valence-corrected chi connectivity index (χ1v) is 6.72. The summed E-state index contributed by atoms with van der Waals surface area (Å²) < 4.78 is 0. The van der Waals surface area contributed by atoms with Gasteiger partial charge in [-0.25, -0.2) is 0 Å². The van der Waals surface area contributed by atoms with Crippen molar-refractivity contribution >= 4 is 17.6 Å². The molecule has 0 bridgehead atoms. The van der Waals surface area contributed by atoms with E-state index in [1.165, 1.54) is 0 Å². The van der Waals surface area contributed by atoms with Gasteiger partial charge in [-0.2, -0.15) is 0 Å². The van der Waals surface area contributed by atoms with Gasteiger partial charge in [0.05, 0.1) is 0 Å². The fourth-order valence-corrected chi connectivity index (χ4v) is 1.77. The highest BCUT2D eigenvalue weighted by molar-refractivity contribution is 5.90. The highest BCUT2D eigenvalue weighted by Crippen LogP contribution is 2.12. The van der Waals surface area contributed by atoms with E-state index >= 15 is 0 Å². The number of carbonyl (C=O) groups excluding carboxylic acids is 1. The molecule has 0 saturated carbocycles. The second-order valence-corrected chi connectivity index (χ2v) is 4.60. The molecule has 0 unspecified atom stereocenters. The maximum Gasteiger partial charge on any atom is 0.303 e. The SMILES string of the molecule is CCCCCC(=O)Nc1ccc(CCC(=O)O)cc1. The summed E-state index contributed by atoms with van der Waals surface area (Å²) in [4.78, 5) is 22.1. The summed E-state index contributed by atoms with van der Waals surface area (Å²) >= 11 is 0. The monoisotopic (exact) mass is 263 g/mol. The van der Waals surface area contributed by atoms with E-state index in [9.17, 15) is 9.59 Å². The van der Waals surface area contributed by atoms with Crippen molar-refractivity contribution in [1.29, 1.82) is 0 Å². The van der Waals surface area contributed by atoms with Crippen LogP contribution in [-0.4, -0.2) is 17.0 Å². The summed E-state index contributed by atoms with van der Waals surface area (Å²) in [6, 6.07) is 7.33. The molecular weight excluding hydrogens is 242 g/mol. The van der Waals surface area contributed by atoms with Crippen LogP contribution in [0.2, 0.25) is 0 Å². The van der Waals surface area contributed by atoms with Crippen LogP contribution in [0.15, 0.2) is 24.3 Å². The van der Waals surface area contributed by atoms with Crippen molar-refractivity contribution in [1.82, 2.24) is 0 Å². The highest BCUT2D eigenvalue weighted by Gasteiger charge is 2.03. The van der Waals surface area contributed by atoms with Crippen LogP contribution in [-0.2, 0) is 16.0 Å². The van der Waals surface area contributed by atoms with Crippen LogP contribution in [0.25, 0.3) is 0 Å².